The molecule has 2 aromatic carbocycles. The Bertz CT molecular complexity index is 619. The van der Waals surface area contributed by atoms with E-state index in [-0.39, 0.29) is 0 Å². The molecule has 0 aliphatic heterocycles. The van der Waals surface area contributed by atoms with Crippen molar-refractivity contribution in [1.82, 2.24) is 5.32 Å². The van der Waals surface area contributed by atoms with Crippen LogP contribution in [0.5, 0.6) is 5.75 Å². The van der Waals surface area contributed by atoms with Crippen molar-refractivity contribution in [3.63, 3.8) is 0 Å². The van der Waals surface area contributed by atoms with Crippen LogP contribution in [0, 0.1) is 0 Å². The Balaban J connectivity index is 1.93. The van der Waals surface area contributed by atoms with Crippen LogP contribution in [0.25, 0.3) is 0 Å². The summed E-state index contributed by atoms with van der Waals surface area (Å²) in [5.74, 6) is 0.784. The van der Waals surface area contributed by atoms with Crippen LogP contribution in [-0.2, 0) is 6.54 Å². The van der Waals surface area contributed by atoms with Crippen molar-refractivity contribution in [2.24, 2.45) is 0 Å². The van der Waals surface area contributed by atoms with E-state index in [1.54, 1.807) is 0 Å². The van der Waals surface area contributed by atoms with Gasteiger partial charge in [-0.25, -0.2) is 0 Å². The number of para-hydroxylation sites is 2. The quantitative estimate of drug-likeness (QED) is 0.808. The van der Waals surface area contributed by atoms with Gasteiger partial charge in [-0.2, -0.15) is 0 Å². The lowest BCUT2D eigenvalue weighted by molar-refractivity contribution is 0.342. The van der Waals surface area contributed by atoms with Crippen LogP contribution >= 0.6 is 23.8 Å². The molecule has 2 N–H and O–H groups in total. The van der Waals surface area contributed by atoms with Gasteiger partial charge in [0.05, 0.1) is 12.3 Å². The van der Waals surface area contributed by atoms with Crippen molar-refractivity contribution in [3.05, 3.63) is 59.1 Å². The van der Waals surface area contributed by atoms with Gasteiger partial charge in [0.1, 0.15) is 5.75 Å². The number of halogens is 1. The van der Waals surface area contributed by atoms with Gasteiger partial charge in [-0.05, 0) is 49.0 Å². The van der Waals surface area contributed by atoms with Gasteiger partial charge in [0.2, 0.25) is 0 Å². The predicted octanol–water partition coefficient (Wildman–Crippen LogP) is 4.23. The normalized spacial score (nSPS) is 10.0. The van der Waals surface area contributed by atoms with E-state index in [9.17, 15) is 0 Å². The second-order valence-electron chi connectivity index (χ2n) is 4.37. The number of nitrogens with one attached hydrogen (secondary N) is 2. The second kappa shape index (κ2) is 7.86. The summed E-state index contributed by atoms with van der Waals surface area (Å²) in [6.45, 7) is 3.18. The lowest BCUT2D eigenvalue weighted by atomic mass is 10.2. The van der Waals surface area contributed by atoms with Crippen molar-refractivity contribution in [2.45, 2.75) is 13.5 Å². The Labute approximate surface area is 135 Å². The molecule has 2 aromatic rings. The van der Waals surface area contributed by atoms with Crippen LogP contribution in [0.3, 0.4) is 0 Å². The fourth-order valence-corrected chi connectivity index (χ4v) is 2.24. The summed E-state index contributed by atoms with van der Waals surface area (Å²) in [7, 11) is 0. The largest absolute Gasteiger partial charge is 0.492 e. The summed E-state index contributed by atoms with van der Waals surface area (Å²) >= 11 is 11.3. The molecule has 0 aliphatic carbocycles. The zero-order chi connectivity index (χ0) is 15.1. The van der Waals surface area contributed by atoms with E-state index < -0.39 is 0 Å². The molecule has 0 saturated carbocycles. The Hall–Kier alpha value is -1.78. The number of anilines is 1. The zero-order valence-electron chi connectivity index (χ0n) is 11.7. The Kier molecular flexibility index (Phi) is 5.84. The van der Waals surface area contributed by atoms with Gasteiger partial charge >= 0.3 is 0 Å². The minimum Gasteiger partial charge on any atom is -0.492 e. The first kappa shape index (κ1) is 15.6. The van der Waals surface area contributed by atoms with Crippen LogP contribution in [-0.4, -0.2) is 11.7 Å². The van der Waals surface area contributed by atoms with Crippen LogP contribution < -0.4 is 15.4 Å². The first-order valence-electron chi connectivity index (χ1n) is 6.70. The van der Waals surface area contributed by atoms with E-state index in [1.807, 2.05) is 55.5 Å². The summed E-state index contributed by atoms with van der Waals surface area (Å²) in [5, 5.41) is 7.55. The first-order valence-corrected chi connectivity index (χ1v) is 7.49. The second-order valence-corrected chi connectivity index (χ2v) is 5.21. The minimum atomic E-state index is 0.544. The summed E-state index contributed by atoms with van der Waals surface area (Å²) in [6.07, 6.45) is 0. The summed E-state index contributed by atoms with van der Waals surface area (Å²) in [4.78, 5) is 0. The monoisotopic (exact) mass is 320 g/mol. The molecule has 0 radical (unpaired) electrons. The Morgan fingerprint density at radius 1 is 1.19 bits per heavy atom. The van der Waals surface area contributed by atoms with Gasteiger partial charge in [-0.1, -0.05) is 35.9 Å². The molecule has 0 saturated heterocycles. The lowest BCUT2D eigenvalue weighted by Crippen LogP contribution is -2.28. The molecule has 3 nitrogen and oxygen atoms in total. The maximum Gasteiger partial charge on any atom is 0.171 e. The van der Waals surface area contributed by atoms with Crippen molar-refractivity contribution < 1.29 is 4.74 Å². The highest BCUT2D eigenvalue weighted by Crippen LogP contribution is 2.23. The van der Waals surface area contributed by atoms with Gasteiger partial charge < -0.3 is 15.4 Å². The van der Waals surface area contributed by atoms with E-state index in [4.69, 9.17) is 28.6 Å². The molecule has 0 amide bonds. The maximum absolute atomic E-state index is 5.95. The predicted molar refractivity (Wildman–Crippen MR) is 92.1 cm³/mol. The molecular formula is C16H17ClN2OS. The van der Waals surface area contributed by atoms with E-state index >= 15 is 0 Å². The number of rotatable bonds is 5. The zero-order valence-corrected chi connectivity index (χ0v) is 13.3. The smallest absolute Gasteiger partial charge is 0.171 e. The third kappa shape index (κ3) is 4.92. The van der Waals surface area contributed by atoms with Crippen LogP contribution in [0.2, 0.25) is 5.02 Å². The third-order valence-electron chi connectivity index (χ3n) is 2.78. The van der Waals surface area contributed by atoms with Gasteiger partial charge in [0, 0.05) is 11.6 Å². The third-order valence-corrected chi connectivity index (χ3v) is 3.26. The number of ether oxygens (including phenoxy) is 1. The highest BCUT2D eigenvalue weighted by molar-refractivity contribution is 7.80. The Morgan fingerprint density at radius 2 is 2.00 bits per heavy atom. The van der Waals surface area contributed by atoms with Crippen LogP contribution in [0.4, 0.5) is 5.69 Å². The summed E-state index contributed by atoms with van der Waals surface area (Å²) < 4.78 is 5.55. The van der Waals surface area contributed by atoms with Gasteiger partial charge in [-0.15, -0.1) is 0 Å². The van der Waals surface area contributed by atoms with Crippen molar-refractivity contribution in [3.8, 4) is 5.75 Å². The molecule has 110 valence electrons. The molecule has 0 atom stereocenters. The van der Waals surface area contributed by atoms with Crippen molar-refractivity contribution in [2.75, 3.05) is 11.9 Å². The average Bonchev–Trinajstić information content (AvgIpc) is 2.48. The minimum absolute atomic E-state index is 0.544. The standard InChI is InChI=1S/C16H17ClN2OS/c1-2-20-15-9-4-3-8-14(15)19-16(21)18-11-12-6-5-7-13(17)10-12/h3-10H,2,11H2,1H3,(H2,18,19,21). The molecule has 2 rings (SSSR count). The highest BCUT2D eigenvalue weighted by atomic mass is 35.5. The number of benzene rings is 2. The molecule has 0 fully saturated rings. The summed E-state index contributed by atoms with van der Waals surface area (Å²) in [5.41, 5.74) is 1.92. The topological polar surface area (TPSA) is 33.3 Å². The van der Waals surface area contributed by atoms with Crippen LogP contribution in [0.15, 0.2) is 48.5 Å². The molecule has 0 unspecified atom stereocenters. The molecule has 0 heterocycles. The number of hydrogen-bond donors (Lipinski definition) is 2. The van der Waals surface area contributed by atoms with E-state index in [2.05, 4.69) is 10.6 Å². The number of hydrogen-bond acceptors (Lipinski definition) is 2. The van der Waals surface area contributed by atoms with E-state index in [0.29, 0.717) is 18.3 Å². The van der Waals surface area contributed by atoms with Gasteiger partial charge in [-0.3, -0.25) is 0 Å². The van der Waals surface area contributed by atoms with Crippen molar-refractivity contribution >= 4 is 34.6 Å². The lowest BCUT2D eigenvalue weighted by Gasteiger charge is -2.14. The fourth-order valence-electron chi connectivity index (χ4n) is 1.85. The average molecular weight is 321 g/mol. The van der Waals surface area contributed by atoms with Crippen molar-refractivity contribution in [1.29, 1.82) is 0 Å². The summed E-state index contributed by atoms with van der Waals surface area (Å²) in [6, 6.07) is 15.4. The molecular weight excluding hydrogens is 304 g/mol. The molecule has 0 spiro atoms. The van der Waals surface area contributed by atoms with Gasteiger partial charge in [0.25, 0.3) is 0 Å². The molecule has 0 bridgehead atoms. The highest BCUT2D eigenvalue weighted by Gasteiger charge is 2.04. The number of thiocarbonyl (C=S) groups is 1. The maximum atomic E-state index is 5.95. The van der Waals surface area contributed by atoms with E-state index in [1.165, 1.54) is 0 Å². The van der Waals surface area contributed by atoms with Gasteiger partial charge in [0.15, 0.2) is 5.11 Å². The SMILES string of the molecule is CCOc1ccccc1NC(=S)NCc1cccc(Cl)c1. The van der Waals surface area contributed by atoms with E-state index in [0.717, 1.165) is 22.0 Å². The van der Waals surface area contributed by atoms with Crippen LogP contribution in [0.1, 0.15) is 12.5 Å². The first-order chi connectivity index (χ1) is 10.2. The Morgan fingerprint density at radius 3 is 2.76 bits per heavy atom. The fraction of sp³-hybridized carbons (Fsp3) is 0.188. The molecule has 21 heavy (non-hydrogen) atoms. The molecule has 0 aliphatic rings. The molecule has 0 aromatic heterocycles. The molecule has 5 heteroatoms.